The van der Waals surface area contributed by atoms with Gasteiger partial charge in [-0.15, -0.1) is 0 Å². The van der Waals surface area contributed by atoms with E-state index in [9.17, 15) is 9.59 Å². The fourth-order valence-corrected chi connectivity index (χ4v) is 4.22. The lowest BCUT2D eigenvalue weighted by atomic mass is 10.1. The third kappa shape index (κ3) is 3.82. The first-order chi connectivity index (χ1) is 14.1. The van der Waals surface area contributed by atoms with E-state index in [1.165, 1.54) is 0 Å². The first-order valence-corrected chi connectivity index (χ1v) is 10.2. The molecule has 152 valence electrons. The van der Waals surface area contributed by atoms with E-state index < -0.39 is 0 Å². The number of nitrogens with zero attached hydrogens (tertiary/aromatic N) is 5. The minimum absolute atomic E-state index is 0.00362. The predicted molar refractivity (Wildman–Crippen MR) is 113 cm³/mol. The van der Waals surface area contributed by atoms with Crippen molar-refractivity contribution in [1.82, 2.24) is 23.9 Å². The Kier molecular flexibility index (Phi) is 5.49. The van der Waals surface area contributed by atoms with E-state index in [-0.39, 0.29) is 24.2 Å². The summed E-state index contributed by atoms with van der Waals surface area (Å²) in [4.78, 5) is 34.5. The molecule has 0 saturated carbocycles. The van der Waals surface area contributed by atoms with Gasteiger partial charge in [0.1, 0.15) is 6.54 Å². The second-order valence-corrected chi connectivity index (χ2v) is 7.59. The normalized spacial score (nSPS) is 17.7. The third-order valence-electron chi connectivity index (χ3n) is 5.68. The van der Waals surface area contributed by atoms with Crippen LogP contribution in [0.25, 0.3) is 11.0 Å². The maximum Gasteiger partial charge on any atom is 0.329 e. The highest BCUT2D eigenvalue weighted by Gasteiger charge is 2.28. The number of aryl methyl sites for hydroxylation is 1. The number of benzene rings is 1. The standard InChI is InChI=1S/C22H27N5O2/c1-3-25-19-9-4-5-10-20(19)27(22(25)29)16-21(28)26-13-12-24(14-17(26)2)15-18-8-6-7-11-23-18/h4-11,17H,3,12-16H2,1-2H3/t17-/m0/s1. The van der Waals surface area contributed by atoms with Crippen molar-refractivity contribution < 1.29 is 4.79 Å². The molecule has 1 saturated heterocycles. The third-order valence-corrected chi connectivity index (χ3v) is 5.68. The van der Waals surface area contributed by atoms with Gasteiger partial charge in [0.15, 0.2) is 0 Å². The number of fused-ring (bicyclic) bond motifs is 1. The average molecular weight is 393 g/mol. The number of piperazine rings is 1. The lowest BCUT2D eigenvalue weighted by Gasteiger charge is -2.39. The van der Waals surface area contributed by atoms with Crippen molar-refractivity contribution in [2.45, 2.75) is 39.5 Å². The topological polar surface area (TPSA) is 63.4 Å². The molecule has 1 aliphatic rings. The van der Waals surface area contributed by atoms with Crippen LogP contribution in [0, 0.1) is 0 Å². The van der Waals surface area contributed by atoms with Crippen LogP contribution >= 0.6 is 0 Å². The number of carbonyl (C=O) groups excluding carboxylic acids is 1. The zero-order valence-electron chi connectivity index (χ0n) is 17.0. The summed E-state index contributed by atoms with van der Waals surface area (Å²) in [6.45, 7) is 7.74. The zero-order valence-corrected chi connectivity index (χ0v) is 17.0. The Morgan fingerprint density at radius 2 is 1.79 bits per heavy atom. The van der Waals surface area contributed by atoms with E-state index in [1.807, 2.05) is 60.5 Å². The molecule has 1 amide bonds. The molecular formula is C22H27N5O2. The number of pyridine rings is 1. The number of rotatable bonds is 5. The predicted octanol–water partition coefficient (Wildman–Crippen LogP) is 1.95. The van der Waals surface area contributed by atoms with Gasteiger partial charge >= 0.3 is 5.69 Å². The van der Waals surface area contributed by atoms with E-state index in [4.69, 9.17) is 0 Å². The van der Waals surface area contributed by atoms with E-state index >= 15 is 0 Å². The fraction of sp³-hybridized carbons (Fsp3) is 0.409. The van der Waals surface area contributed by atoms with Gasteiger partial charge in [-0.3, -0.25) is 23.8 Å². The SMILES string of the molecule is CCn1c(=O)n(CC(=O)N2CCN(Cc3ccccn3)C[C@@H]2C)c2ccccc21. The van der Waals surface area contributed by atoms with Gasteiger partial charge in [0.2, 0.25) is 5.91 Å². The van der Waals surface area contributed by atoms with Gasteiger partial charge in [0.05, 0.1) is 16.7 Å². The van der Waals surface area contributed by atoms with Gasteiger partial charge < -0.3 is 4.90 Å². The molecule has 4 rings (SSSR count). The quantitative estimate of drug-likeness (QED) is 0.665. The van der Waals surface area contributed by atoms with Crippen molar-refractivity contribution in [3.63, 3.8) is 0 Å². The highest BCUT2D eigenvalue weighted by Crippen LogP contribution is 2.16. The molecule has 2 aromatic heterocycles. The summed E-state index contributed by atoms with van der Waals surface area (Å²) in [6, 6.07) is 13.7. The molecule has 0 aliphatic carbocycles. The number of aromatic nitrogens is 3. The fourth-order valence-electron chi connectivity index (χ4n) is 4.22. The largest absolute Gasteiger partial charge is 0.336 e. The molecule has 0 unspecified atom stereocenters. The molecule has 7 heteroatoms. The van der Waals surface area contributed by atoms with Gasteiger partial charge in [-0.1, -0.05) is 18.2 Å². The molecule has 1 fully saturated rings. The minimum atomic E-state index is -0.122. The molecule has 0 N–H and O–H groups in total. The Labute approximate surface area is 170 Å². The molecule has 1 aromatic carbocycles. The van der Waals surface area contributed by atoms with Crippen LogP contribution in [0.5, 0.6) is 0 Å². The smallest absolute Gasteiger partial charge is 0.329 e. The highest BCUT2D eigenvalue weighted by atomic mass is 16.2. The molecular weight excluding hydrogens is 366 g/mol. The Morgan fingerprint density at radius 3 is 2.45 bits per heavy atom. The van der Waals surface area contributed by atoms with Gasteiger partial charge in [0.25, 0.3) is 0 Å². The van der Waals surface area contributed by atoms with E-state index in [0.717, 1.165) is 36.4 Å². The summed E-state index contributed by atoms with van der Waals surface area (Å²) in [7, 11) is 0. The molecule has 1 aliphatic heterocycles. The molecule has 0 bridgehead atoms. The average Bonchev–Trinajstić information content (AvgIpc) is 3.00. The first kappa shape index (κ1) is 19.4. The summed E-state index contributed by atoms with van der Waals surface area (Å²) in [5, 5.41) is 0. The van der Waals surface area contributed by atoms with Crippen LogP contribution in [-0.2, 0) is 24.4 Å². The monoisotopic (exact) mass is 393 g/mol. The summed E-state index contributed by atoms with van der Waals surface area (Å²) >= 11 is 0. The Morgan fingerprint density at radius 1 is 1.07 bits per heavy atom. The molecule has 1 atom stereocenters. The number of amides is 1. The van der Waals surface area contributed by atoms with E-state index in [0.29, 0.717) is 13.1 Å². The van der Waals surface area contributed by atoms with E-state index in [2.05, 4.69) is 16.8 Å². The minimum Gasteiger partial charge on any atom is -0.336 e. The number of hydrogen-bond acceptors (Lipinski definition) is 4. The lowest BCUT2D eigenvalue weighted by molar-refractivity contribution is -0.136. The van der Waals surface area contributed by atoms with Crippen LogP contribution < -0.4 is 5.69 Å². The van der Waals surface area contributed by atoms with Gasteiger partial charge in [-0.05, 0) is 38.1 Å². The van der Waals surface area contributed by atoms with Crippen molar-refractivity contribution in [2.24, 2.45) is 0 Å². The molecule has 0 radical (unpaired) electrons. The number of imidazole rings is 1. The second-order valence-electron chi connectivity index (χ2n) is 7.59. The molecule has 3 heterocycles. The molecule has 7 nitrogen and oxygen atoms in total. The van der Waals surface area contributed by atoms with Crippen LogP contribution in [0.15, 0.2) is 53.5 Å². The van der Waals surface area contributed by atoms with Crippen molar-refractivity contribution in [3.8, 4) is 0 Å². The van der Waals surface area contributed by atoms with E-state index in [1.54, 1.807) is 9.13 Å². The maximum atomic E-state index is 13.1. The van der Waals surface area contributed by atoms with Crippen LogP contribution in [-0.4, -0.2) is 55.5 Å². The first-order valence-electron chi connectivity index (χ1n) is 10.2. The Hall–Kier alpha value is -2.93. The zero-order chi connectivity index (χ0) is 20.4. The van der Waals surface area contributed by atoms with Crippen molar-refractivity contribution in [3.05, 3.63) is 64.8 Å². The van der Waals surface area contributed by atoms with Gasteiger partial charge in [0, 0.05) is 45.0 Å². The molecule has 0 spiro atoms. The Bertz CT molecular complexity index is 1060. The summed E-state index contributed by atoms with van der Waals surface area (Å²) in [6.07, 6.45) is 1.81. The number of carbonyl (C=O) groups is 1. The lowest BCUT2D eigenvalue weighted by Crippen LogP contribution is -2.54. The van der Waals surface area contributed by atoms with Crippen molar-refractivity contribution in [2.75, 3.05) is 19.6 Å². The second kappa shape index (κ2) is 8.21. The van der Waals surface area contributed by atoms with Crippen LogP contribution in [0.3, 0.4) is 0 Å². The van der Waals surface area contributed by atoms with Gasteiger partial charge in [-0.25, -0.2) is 4.79 Å². The van der Waals surface area contributed by atoms with Crippen LogP contribution in [0.1, 0.15) is 19.5 Å². The van der Waals surface area contributed by atoms with Crippen molar-refractivity contribution >= 4 is 16.9 Å². The number of hydrogen-bond donors (Lipinski definition) is 0. The Balaban J connectivity index is 1.47. The summed E-state index contributed by atoms with van der Waals surface area (Å²) in [5.41, 5.74) is 2.61. The van der Waals surface area contributed by atoms with Gasteiger partial charge in [-0.2, -0.15) is 0 Å². The van der Waals surface area contributed by atoms with Crippen LogP contribution in [0.4, 0.5) is 0 Å². The molecule has 3 aromatic rings. The summed E-state index contributed by atoms with van der Waals surface area (Å²) < 4.78 is 3.32. The maximum absolute atomic E-state index is 13.1. The molecule has 29 heavy (non-hydrogen) atoms. The highest BCUT2D eigenvalue weighted by molar-refractivity contribution is 5.81. The summed E-state index contributed by atoms with van der Waals surface area (Å²) in [5.74, 6) is -0.00362. The number of para-hydroxylation sites is 2. The van der Waals surface area contributed by atoms with Crippen molar-refractivity contribution in [1.29, 1.82) is 0 Å². The van der Waals surface area contributed by atoms with Crippen LogP contribution in [0.2, 0.25) is 0 Å².